The number of carbonyl (C=O) groups is 1. The van der Waals surface area contributed by atoms with E-state index in [9.17, 15) is 9.18 Å². The van der Waals surface area contributed by atoms with Gasteiger partial charge >= 0.3 is 0 Å². The van der Waals surface area contributed by atoms with Crippen LogP contribution in [0.4, 0.5) is 4.39 Å². The Balaban J connectivity index is 1.74. The van der Waals surface area contributed by atoms with Crippen molar-refractivity contribution >= 4 is 62.4 Å². The summed E-state index contributed by atoms with van der Waals surface area (Å²) < 4.78 is 15.4. The second kappa shape index (κ2) is 7.91. The zero-order chi connectivity index (χ0) is 18.0. The van der Waals surface area contributed by atoms with E-state index in [1.807, 2.05) is 0 Å². The molecule has 0 unspecified atom stereocenters. The number of carbonyl (C=O) groups excluding carboxylic acids is 1. The summed E-state index contributed by atoms with van der Waals surface area (Å²) in [7, 11) is 1.81. The minimum atomic E-state index is -0.273. The molecule has 0 aliphatic heterocycles. The number of thiazole rings is 1. The molecule has 25 heavy (non-hydrogen) atoms. The molecule has 0 atom stereocenters. The van der Waals surface area contributed by atoms with E-state index in [2.05, 4.69) is 4.99 Å². The molecule has 3 aromatic rings. The van der Waals surface area contributed by atoms with Gasteiger partial charge in [-0.1, -0.05) is 34.5 Å². The van der Waals surface area contributed by atoms with Crippen molar-refractivity contribution in [1.29, 1.82) is 0 Å². The van der Waals surface area contributed by atoms with Crippen molar-refractivity contribution < 1.29 is 9.18 Å². The van der Waals surface area contributed by atoms with E-state index in [4.69, 9.17) is 23.2 Å². The molecule has 130 valence electrons. The Morgan fingerprint density at radius 1 is 1.20 bits per heavy atom. The fourth-order valence-electron chi connectivity index (χ4n) is 2.23. The van der Waals surface area contributed by atoms with E-state index in [1.165, 1.54) is 35.2 Å². The van der Waals surface area contributed by atoms with Crippen LogP contribution in [0.2, 0.25) is 10.0 Å². The van der Waals surface area contributed by atoms with E-state index in [-0.39, 0.29) is 18.1 Å². The van der Waals surface area contributed by atoms with Gasteiger partial charge in [0.25, 0.3) is 0 Å². The van der Waals surface area contributed by atoms with Gasteiger partial charge in [-0.15, -0.1) is 11.8 Å². The van der Waals surface area contributed by atoms with Crippen molar-refractivity contribution in [1.82, 2.24) is 4.57 Å². The van der Waals surface area contributed by atoms with Crippen molar-refractivity contribution in [3.8, 4) is 0 Å². The van der Waals surface area contributed by atoms with Gasteiger partial charge in [-0.25, -0.2) is 4.39 Å². The summed E-state index contributed by atoms with van der Waals surface area (Å²) in [5.74, 6) is 0.0819. The molecular formula is C17H13Cl2FN2OS2. The molecule has 8 heteroatoms. The Morgan fingerprint density at radius 2 is 1.88 bits per heavy atom. The maximum atomic E-state index is 12.9. The second-order valence-electron chi connectivity index (χ2n) is 5.21. The summed E-state index contributed by atoms with van der Waals surface area (Å²) in [5, 5.41) is 1.15. The van der Waals surface area contributed by atoms with Crippen molar-refractivity contribution in [2.75, 3.05) is 5.75 Å². The molecule has 0 aliphatic carbocycles. The Hall–Kier alpha value is -1.34. The number of hydrogen-bond acceptors (Lipinski definition) is 3. The predicted molar refractivity (Wildman–Crippen MR) is 103 cm³/mol. The molecular weight excluding hydrogens is 402 g/mol. The van der Waals surface area contributed by atoms with Crippen LogP contribution in [0.5, 0.6) is 0 Å². The highest BCUT2D eigenvalue weighted by Gasteiger charge is 2.11. The van der Waals surface area contributed by atoms with Crippen molar-refractivity contribution in [2.45, 2.75) is 11.3 Å². The van der Waals surface area contributed by atoms with E-state index in [0.717, 1.165) is 15.1 Å². The van der Waals surface area contributed by atoms with Crippen molar-refractivity contribution in [2.24, 2.45) is 12.0 Å². The number of rotatable bonds is 4. The topological polar surface area (TPSA) is 34.4 Å². The van der Waals surface area contributed by atoms with Gasteiger partial charge in [0.15, 0.2) is 4.80 Å². The van der Waals surface area contributed by atoms with Gasteiger partial charge < -0.3 is 4.57 Å². The molecule has 3 nitrogen and oxygen atoms in total. The van der Waals surface area contributed by atoms with Crippen LogP contribution in [0.25, 0.3) is 10.2 Å². The second-order valence-corrected chi connectivity index (χ2v) is 8.17. The van der Waals surface area contributed by atoms with Crippen LogP contribution in [-0.2, 0) is 11.8 Å². The van der Waals surface area contributed by atoms with Gasteiger partial charge in [0, 0.05) is 24.1 Å². The van der Waals surface area contributed by atoms with Gasteiger partial charge in [-0.05, 0) is 36.4 Å². The van der Waals surface area contributed by atoms with Gasteiger partial charge in [0.2, 0.25) is 5.91 Å². The van der Waals surface area contributed by atoms with Gasteiger partial charge in [0.05, 0.1) is 20.3 Å². The number of amides is 1. The van der Waals surface area contributed by atoms with Crippen LogP contribution < -0.4 is 4.80 Å². The lowest BCUT2D eigenvalue weighted by Gasteiger charge is -2.00. The number of hydrogen-bond donors (Lipinski definition) is 0. The minimum Gasteiger partial charge on any atom is -0.318 e. The van der Waals surface area contributed by atoms with E-state index in [0.29, 0.717) is 20.6 Å². The molecule has 3 rings (SSSR count). The molecule has 0 spiro atoms. The van der Waals surface area contributed by atoms with E-state index < -0.39 is 0 Å². The Morgan fingerprint density at radius 3 is 2.56 bits per heavy atom. The van der Waals surface area contributed by atoms with Gasteiger partial charge in [-0.3, -0.25) is 4.79 Å². The first kappa shape index (κ1) is 18.5. The molecule has 1 amide bonds. The lowest BCUT2D eigenvalue weighted by Crippen LogP contribution is -2.13. The highest BCUT2D eigenvalue weighted by Crippen LogP contribution is 2.31. The molecule has 0 bridgehead atoms. The van der Waals surface area contributed by atoms with Crippen LogP contribution >= 0.6 is 46.3 Å². The Bertz CT molecular complexity index is 996. The lowest BCUT2D eigenvalue weighted by atomic mass is 10.3. The van der Waals surface area contributed by atoms with Gasteiger partial charge in [0.1, 0.15) is 5.82 Å². The summed E-state index contributed by atoms with van der Waals surface area (Å²) in [6.45, 7) is 0. The first-order valence-corrected chi connectivity index (χ1v) is 9.91. The number of nitrogens with zero attached hydrogens (tertiary/aromatic N) is 2. The summed E-state index contributed by atoms with van der Waals surface area (Å²) in [6, 6.07) is 9.64. The molecule has 0 saturated carbocycles. The number of aryl methyl sites for hydroxylation is 1. The number of benzene rings is 2. The minimum absolute atomic E-state index is 0.219. The third-order valence-corrected chi connectivity index (χ3v) is 6.38. The molecule has 0 N–H and O–H groups in total. The number of fused-ring (bicyclic) bond motifs is 1. The number of thioether (sulfide) groups is 1. The highest BCUT2D eigenvalue weighted by molar-refractivity contribution is 7.99. The Labute approximate surface area is 162 Å². The molecule has 1 aromatic heterocycles. The normalized spacial score (nSPS) is 12.1. The summed E-state index contributed by atoms with van der Waals surface area (Å²) in [4.78, 5) is 17.8. The Kier molecular flexibility index (Phi) is 5.84. The number of halogens is 3. The molecule has 0 aliphatic rings. The van der Waals surface area contributed by atoms with E-state index >= 15 is 0 Å². The average Bonchev–Trinajstić information content (AvgIpc) is 2.91. The summed E-state index contributed by atoms with van der Waals surface area (Å²) in [5.41, 5.74) is 0.770. The summed E-state index contributed by atoms with van der Waals surface area (Å²) >= 11 is 15.2. The quantitative estimate of drug-likeness (QED) is 0.543. The maximum absolute atomic E-state index is 12.9. The molecule has 1 heterocycles. The van der Waals surface area contributed by atoms with Crippen LogP contribution in [-0.4, -0.2) is 16.2 Å². The zero-order valence-corrected chi connectivity index (χ0v) is 16.3. The molecule has 0 saturated heterocycles. The largest absolute Gasteiger partial charge is 0.318 e. The smallest absolute Gasteiger partial charge is 0.249 e. The SMILES string of the molecule is Cn1c(=NC(=O)CCSc2ccc(F)cc2)sc2c(Cl)ccc(Cl)c21. The predicted octanol–water partition coefficient (Wildman–Crippen LogP) is 5.30. The molecule has 2 aromatic carbocycles. The number of aromatic nitrogens is 1. The highest BCUT2D eigenvalue weighted by atomic mass is 35.5. The van der Waals surface area contributed by atoms with Crippen LogP contribution in [0.15, 0.2) is 46.3 Å². The summed E-state index contributed by atoms with van der Waals surface area (Å²) in [6.07, 6.45) is 0.289. The third kappa shape index (κ3) is 4.26. The van der Waals surface area contributed by atoms with Crippen LogP contribution in [0, 0.1) is 5.82 Å². The fourth-order valence-corrected chi connectivity index (χ4v) is 4.75. The van der Waals surface area contributed by atoms with Crippen molar-refractivity contribution in [3.63, 3.8) is 0 Å². The first-order chi connectivity index (χ1) is 12.0. The van der Waals surface area contributed by atoms with Gasteiger partial charge in [-0.2, -0.15) is 4.99 Å². The third-order valence-electron chi connectivity index (χ3n) is 3.47. The zero-order valence-electron chi connectivity index (χ0n) is 13.1. The maximum Gasteiger partial charge on any atom is 0.249 e. The van der Waals surface area contributed by atoms with Crippen molar-refractivity contribution in [3.05, 3.63) is 57.1 Å². The standard InChI is InChI=1S/C17H13Cl2FN2OS2/c1-22-15-12(18)6-7-13(19)16(15)25-17(22)21-14(23)8-9-24-11-4-2-10(20)3-5-11/h2-7H,8-9H2,1H3. The monoisotopic (exact) mass is 414 g/mol. The first-order valence-electron chi connectivity index (χ1n) is 7.35. The van der Waals surface area contributed by atoms with Crippen LogP contribution in [0.3, 0.4) is 0 Å². The fraction of sp³-hybridized carbons (Fsp3) is 0.176. The van der Waals surface area contributed by atoms with E-state index in [1.54, 1.807) is 35.9 Å². The van der Waals surface area contributed by atoms with Crippen LogP contribution in [0.1, 0.15) is 6.42 Å². The molecule has 0 radical (unpaired) electrons. The lowest BCUT2D eigenvalue weighted by molar-refractivity contribution is -0.117. The molecule has 0 fully saturated rings. The average molecular weight is 415 g/mol.